The van der Waals surface area contributed by atoms with E-state index in [1.807, 2.05) is 19.2 Å². The van der Waals surface area contributed by atoms with Gasteiger partial charge in [0.2, 0.25) is 0 Å². The molecule has 1 fully saturated rings. The fourth-order valence-corrected chi connectivity index (χ4v) is 3.62. The van der Waals surface area contributed by atoms with Gasteiger partial charge in [-0.1, -0.05) is 6.92 Å². The molecule has 0 saturated heterocycles. The Labute approximate surface area is 113 Å². The van der Waals surface area contributed by atoms with Crippen LogP contribution in [0.15, 0.2) is 15.0 Å². The third-order valence-electron chi connectivity index (χ3n) is 3.78. The molecule has 0 bridgehead atoms. The molecule has 1 saturated carbocycles. The van der Waals surface area contributed by atoms with Crippen LogP contribution in [-0.4, -0.2) is 15.8 Å². The van der Waals surface area contributed by atoms with E-state index < -0.39 is 6.67 Å². The minimum atomic E-state index is -0.607. The van der Waals surface area contributed by atoms with Gasteiger partial charge in [0.15, 0.2) is 0 Å². The van der Waals surface area contributed by atoms with Gasteiger partial charge in [-0.2, -0.15) is 0 Å². The van der Waals surface area contributed by atoms with Crippen LogP contribution in [0.2, 0.25) is 0 Å². The molecule has 19 heavy (non-hydrogen) atoms. The average Bonchev–Trinajstić information content (AvgIpc) is 2.93. The molecule has 0 spiro atoms. The molecule has 0 N–H and O–H groups in total. The van der Waals surface area contributed by atoms with Crippen LogP contribution in [0.5, 0.6) is 0 Å². The Morgan fingerprint density at radius 2 is 2.16 bits per heavy atom. The number of fused-ring (bicyclic) bond motifs is 1. The van der Waals surface area contributed by atoms with Gasteiger partial charge >= 0.3 is 5.69 Å². The van der Waals surface area contributed by atoms with E-state index in [1.165, 1.54) is 20.5 Å². The van der Waals surface area contributed by atoms with Crippen LogP contribution in [0.3, 0.4) is 0 Å². The summed E-state index contributed by atoms with van der Waals surface area (Å²) in [5.41, 5.74) is 0.272. The first-order chi connectivity index (χ1) is 9.06. The summed E-state index contributed by atoms with van der Waals surface area (Å²) in [6, 6.07) is -0.0189. The molecule has 1 aliphatic rings. The molecule has 0 amide bonds. The lowest BCUT2D eigenvalue weighted by Crippen LogP contribution is -2.40. The predicted molar refractivity (Wildman–Crippen MR) is 73.9 cm³/mol. The molecule has 2 heterocycles. The molecule has 2 aromatic heterocycles. The largest absolute Gasteiger partial charge is 0.332 e. The number of hydrogen-bond donors (Lipinski definition) is 0. The molecule has 0 radical (unpaired) electrons. The van der Waals surface area contributed by atoms with Crippen molar-refractivity contribution in [3.05, 3.63) is 31.8 Å². The lowest BCUT2D eigenvalue weighted by atomic mass is 10.2. The fourth-order valence-electron chi connectivity index (χ4n) is 2.55. The van der Waals surface area contributed by atoms with Gasteiger partial charge < -0.3 is 0 Å². The van der Waals surface area contributed by atoms with Crippen molar-refractivity contribution < 1.29 is 4.39 Å². The first-order valence-electron chi connectivity index (χ1n) is 6.35. The quantitative estimate of drug-likeness (QED) is 0.865. The maximum atomic E-state index is 12.7. The van der Waals surface area contributed by atoms with Crippen LogP contribution in [0.1, 0.15) is 24.9 Å². The first kappa shape index (κ1) is 12.6. The van der Waals surface area contributed by atoms with Gasteiger partial charge in [-0.15, -0.1) is 11.3 Å². The number of alkyl halides is 1. The number of rotatable bonds is 3. The highest BCUT2D eigenvalue weighted by Gasteiger charge is 2.37. The lowest BCUT2D eigenvalue weighted by molar-refractivity contribution is 0.434. The number of aromatic nitrogens is 2. The van der Waals surface area contributed by atoms with Gasteiger partial charge in [0.05, 0.1) is 11.9 Å². The van der Waals surface area contributed by atoms with Crippen LogP contribution in [0, 0.1) is 12.8 Å². The Morgan fingerprint density at radius 3 is 2.74 bits per heavy atom. The van der Waals surface area contributed by atoms with E-state index in [-0.39, 0.29) is 23.8 Å². The Balaban J connectivity index is 2.40. The standard InChI is InChI=1S/C13H15FN2O2S/c1-7-5-9(7)16-11(17)10-8(2)6-19-12(10)15(4-3-14)13(16)18/h6-7,9H,3-5H2,1-2H3/t7-,9-/m0/s1. The van der Waals surface area contributed by atoms with E-state index in [0.717, 1.165) is 12.0 Å². The SMILES string of the molecule is Cc1csc2c1c(=O)n([C@H]1C[C@@H]1C)c(=O)n2CCF. The molecule has 2 aromatic rings. The summed E-state index contributed by atoms with van der Waals surface area (Å²) < 4.78 is 15.4. The van der Waals surface area contributed by atoms with Gasteiger partial charge in [-0.25, -0.2) is 9.18 Å². The molecule has 6 heteroatoms. The van der Waals surface area contributed by atoms with Crippen LogP contribution in [0.25, 0.3) is 10.2 Å². The third-order valence-corrected chi connectivity index (χ3v) is 4.90. The molecule has 0 aliphatic heterocycles. The van der Waals surface area contributed by atoms with Gasteiger partial charge in [0, 0.05) is 6.04 Å². The van der Waals surface area contributed by atoms with Crippen LogP contribution < -0.4 is 11.2 Å². The summed E-state index contributed by atoms with van der Waals surface area (Å²) in [6.45, 7) is 3.27. The number of aryl methyl sites for hydroxylation is 2. The smallest absolute Gasteiger partial charge is 0.282 e. The molecular weight excluding hydrogens is 267 g/mol. The Hall–Kier alpha value is -1.43. The van der Waals surface area contributed by atoms with E-state index in [4.69, 9.17) is 0 Å². The summed E-state index contributed by atoms with van der Waals surface area (Å²) in [5, 5.41) is 2.41. The highest BCUT2D eigenvalue weighted by Crippen LogP contribution is 2.41. The monoisotopic (exact) mass is 282 g/mol. The number of nitrogens with zero attached hydrogens (tertiary/aromatic N) is 2. The Bertz CT molecular complexity index is 758. The van der Waals surface area contributed by atoms with Gasteiger partial charge in [0.1, 0.15) is 11.5 Å². The first-order valence-corrected chi connectivity index (χ1v) is 7.23. The second kappa shape index (κ2) is 4.30. The zero-order chi connectivity index (χ0) is 13.7. The van der Waals surface area contributed by atoms with Crippen molar-refractivity contribution in [3.63, 3.8) is 0 Å². The maximum Gasteiger partial charge on any atom is 0.332 e. The van der Waals surface area contributed by atoms with Crippen LogP contribution >= 0.6 is 11.3 Å². The van der Waals surface area contributed by atoms with Gasteiger partial charge in [-0.05, 0) is 30.2 Å². The molecular formula is C13H15FN2O2S. The molecule has 102 valence electrons. The molecule has 2 atom stereocenters. The topological polar surface area (TPSA) is 44.0 Å². The zero-order valence-corrected chi connectivity index (χ0v) is 11.7. The number of hydrogen-bond acceptors (Lipinski definition) is 3. The average molecular weight is 282 g/mol. The van der Waals surface area contributed by atoms with Crippen molar-refractivity contribution in [2.24, 2.45) is 5.92 Å². The maximum absolute atomic E-state index is 12.7. The van der Waals surface area contributed by atoms with Crippen molar-refractivity contribution in [3.8, 4) is 0 Å². The van der Waals surface area contributed by atoms with Gasteiger partial charge in [0.25, 0.3) is 5.56 Å². The molecule has 0 aromatic carbocycles. The number of thiophene rings is 1. The normalized spacial score (nSPS) is 22.1. The third kappa shape index (κ3) is 1.77. The summed E-state index contributed by atoms with van der Waals surface area (Å²) in [5.74, 6) is 0.348. The molecule has 1 aliphatic carbocycles. The lowest BCUT2D eigenvalue weighted by Gasteiger charge is -2.10. The van der Waals surface area contributed by atoms with E-state index in [0.29, 0.717) is 16.1 Å². The molecule has 0 unspecified atom stereocenters. The van der Waals surface area contributed by atoms with E-state index >= 15 is 0 Å². The van der Waals surface area contributed by atoms with E-state index in [1.54, 1.807) is 0 Å². The molecule has 3 rings (SSSR count). The molecule has 4 nitrogen and oxygen atoms in total. The second-order valence-electron chi connectivity index (χ2n) is 5.18. The second-order valence-corrected chi connectivity index (χ2v) is 6.04. The fraction of sp³-hybridized carbons (Fsp3) is 0.538. The van der Waals surface area contributed by atoms with E-state index in [2.05, 4.69) is 0 Å². The minimum Gasteiger partial charge on any atom is -0.282 e. The highest BCUT2D eigenvalue weighted by molar-refractivity contribution is 7.17. The number of halogens is 1. The summed E-state index contributed by atoms with van der Waals surface area (Å²) in [4.78, 5) is 25.5. The Morgan fingerprint density at radius 1 is 1.47 bits per heavy atom. The van der Waals surface area contributed by atoms with Crippen molar-refractivity contribution in [1.82, 2.24) is 9.13 Å². The van der Waals surface area contributed by atoms with Gasteiger partial charge in [-0.3, -0.25) is 13.9 Å². The summed E-state index contributed by atoms with van der Waals surface area (Å²) in [6.07, 6.45) is 0.847. The zero-order valence-electron chi connectivity index (χ0n) is 10.9. The predicted octanol–water partition coefficient (Wildman–Crippen LogP) is 2.08. The van der Waals surface area contributed by atoms with Crippen molar-refractivity contribution in [2.45, 2.75) is 32.9 Å². The van der Waals surface area contributed by atoms with Crippen molar-refractivity contribution in [2.75, 3.05) is 6.67 Å². The van der Waals surface area contributed by atoms with Crippen LogP contribution in [-0.2, 0) is 6.54 Å². The Kier molecular flexibility index (Phi) is 2.85. The summed E-state index contributed by atoms with van der Waals surface area (Å²) >= 11 is 1.33. The van der Waals surface area contributed by atoms with Crippen LogP contribution in [0.4, 0.5) is 4.39 Å². The van der Waals surface area contributed by atoms with Crippen molar-refractivity contribution >= 4 is 21.6 Å². The summed E-state index contributed by atoms with van der Waals surface area (Å²) in [7, 11) is 0. The highest BCUT2D eigenvalue weighted by atomic mass is 32.1. The van der Waals surface area contributed by atoms with Crippen molar-refractivity contribution in [1.29, 1.82) is 0 Å². The minimum absolute atomic E-state index is 0.0106. The van der Waals surface area contributed by atoms with E-state index in [9.17, 15) is 14.0 Å².